The fraction of sp³-hybridized carbons (Fsp3) is 0.364. The summed E-state index contributed by atoms with van der Waals surface area (Å²) in [6, 6.07) is 15.8. The number of rotatable bonds is 11. The van der Waals surface area contributed by atoms with Crippen molar-refractivity contribution in [2.24, 2.45) is 0 Å². The predicted octanol–water partition coefficient (Wildman–Crippen LogP) is 4.83. The number of hydrogen-bond acceptors (Lipinski definition) is 5. The van der Waals surface area contributed by atoms with E-state index in [1.54, 1.807) is 14.2 Å². The van der Waals surface area contributed by atoms with Gasteiger partial charge in [-0.3, -0.25) is 0 Å². The molecule has 0 aliphatic heterocycles. The van der Waals surface area contributed by atoms with Crippen LogP contribution in [0.4, 0.5) is 0 Å². The van der Waals surface area contributed by atoms with Crippen molar-refractivity contribution in [1.29, 1.82) is 0 Å². The minimum absolute atomic E-state index is 0.502. The minimum atomic E-state index is -3.11. The molecule has 0 N–H and O–H groups in total. The second-order valence-corrected chi connectivity index (χ2v) is 8.43. The van der Waals surface area contributed by atoms with Gasteiger partial charge in [-0.15, -0.1) is 0 Å². The highest BCUT2D eigenvalue weighted by molar-refractivity contribution is 6.82. The molecule has 0 heterocycles. The summed E-state index contributed by atoms with van der Waals surface area (Å²) in [4.78, 5) is 0. The Morgan fingerprint density at radius 2 is 1.14 bits per heavy atom. The van der Waals surface area contributed by atoms with E-state index in [0.29, 0.717) is 19.8 Å². The van der Waals surface area contributed by atoms with Crippen LogP contribution in [-0.2, 0) is 13.3 Å². The van der Waals surface area contributed by atoms with Gasteiger partial charge in [0.05, 0.1) is 14.2 Å². The smallest absolute Gasteiger partial charge is 0.497 e. The first-order chi connectivity index (χ1) is 13.6. The molecule has 0 spiro atoms. The minimum Gasteiger partial charge on any atom is -0.497 e. The van der Waals surface area contributed by atoms with Gasteiger partial charge in [0, 0.05) is 25.0 Å². The zero-order valence-electron chi connectivity index (χ0n) is 17.4. The first kappa shape index (κ1) is 22.2. The molecule has 2 aromatic rings. The summed E-state index contributed by atoms with van der Waals surface area (Å²) in [5, 5.41) is 0.922. The van der Waals surface area contributed by atoms with Crippen LogP contribution in [0.15, 0.2) is 48.5 Å². The van der Waals surface area contributed by atoms with E-state index in [0.717, 1.165) is 27.8 Å². The molecule has 0 atom stereocenters. The lowest BCUT2D eigenvalue weighted by molar-refractivity contribution is 0.0873. The van der Waals surface area contributed by atoms with Gasteiger partial charge in [-0.1, -0.05) is 24.3 Å². The summed E-state index contributed by atoms with van der Waals surface area (Å²) in [5.41, 5.74) is 2.00. The fourth-order valence-corrected chi connectivity index (χ4v) is 5.63. The summed E-state index contributed by atoms with van der Waals surface area (Å²) >= 11 is 0. The fourth-order valence-electron chi connectivity index (χ4n) is 2.91. The van der Waals surface area contributed by atoms with Gasteiger partial charge in [0.15, 0.2) is 0 Å². The van der Waals surface area contributed by atoms with Gasteiger partial charge in [-0.25, -0.2) is 0 Å². The molecule has 0 saturated heterocycles. The first-order valence-corrected chi connectivity index (χ1v) is 11.3. The Morgan fingerprint density at radius 1 is 0.714 bits per heavy atom. The molecular formula is C22H30O5Si. The third-order valence-electron chi connectivity index (χ3n) is 4.16. The third kappa shape index (κ3) is 5.45. The second kappa shape index (κ2) is 11.0. The summed E-state index contributed by atoms with van der Waals surface area (Å²) in [6.07, 6.45) is 2.08. The molecule has 2 aromatic carbocycles. The molecule has 6 heteroatoms. The zero-order chi connectivity index (χ0) is 20.4. The maximum Gasteiger partial charge on any atom is 0.537 e. The van der Waals surface area contributed by atoms with Gasteiger partial charge in [-0.05, 0) is 62.2 Å². The number of ether oxygens (including phenoxy) is 2. The average molecular weight is 403 g/mol. The third-order valence-corrected chi connectivity index (χ3v) is 7.26. The van der Waals surface area contributed by atoms with Crippen LogP contribution in [-0.4, -0.2) is 42.8 Å². The van der Waals surface area contributed by atoms with Crippen molar-refractivity contribution < 1.29 is 22.8 Å². The number of hydrogen-bond donors (Lipinski definition) is 0. The monoisotopic (exact) mass is 402 g/mol. The van der Waals surface area contributed by atoms with Crippen molar-refractivity contribution in [3.63, 3.8) is 0 Å². The maximum atomic E-state index is 6.17. The van der Waals surface area contributed by atoms with Gasteiger partial charge < -0.3 is 22.8 Å². The SMILES string of the molecule is CCO[Si](OCC)(OCC)/C(=C/c1ccc(OC)cc1)c1ccc(OC)cc1. The van der Waals surface area contributed by atoms with Gasteiger partial charge in [0.2, 0.25) is 0 Å². The Morgan fingerprint density at radius 3 is 1.54 bits per heavy atom. The molecule has 0 saturated carbocycles. The van der Waals surface area contributed by atoms with Gasteiger partial charge in [0.25, 0.3) is 0 Å². The standard InChI is InChI=1S/C22H30O5Si/c1-6-25-28(26-7-2,27-8-3)22(19-11-15-21(24-5)16-12-19)17-18-9-13-20(23-4)14-10-18/h9-17H,6-8H2,1-5H3/b22-17+. The number of methoxy groups -OCH3 is 2. The van der Waals surface area contributed by atoms with E-state index in [4.69, 9.17) is 22.8 Å². The highest BCUT2D eigenvalue weighted by Crippen LogP contribution is 2.32. The van der Waals surface area contributed by atoms with Gasteiger partial charge in [-0.2, -0.15) is 0 Å². The Balaban J connectivity index is 2.61. The van der Waals surface area contributed by atoms with Crippen molar-refractivity contribution in [2.75, 3.05) is 34.0 Å². The normalized spacial score (nSPS) is 12.1. The van der Waals surface area contributed by atoms with E-state index in [1.165, 1.54) is 0 Å². The molecular weight excluding hydrogens is 372 g/mol. The summed E-state index contributed by atoms with van der Waals surface area (Å²) in [6.45, 7) is 7.38. The van der Waals surface area contributed by atoms with Crippen molar-refractivity contribution in [3.05, 3.63) is 59.7 Å². The highest BCUT2D eigenvalue weighted by Gasteiger charge is 2.46. The molecule has 2 rings (SSSR count). The van der Waals surface area contributed by atoms with Crippen LogP contribution < -0.4 is 9.47 Å². The lowest BCUT2D eigenvalue weighted by Crippen LogP contribution is -2.47. The summed E-state index contributed by atoms with van der Waals surface area (Å²) in [7, 11) is 0.204. The van der Waals surface area contributed by atoms with E-state index in [9.17, 15) is 0 Å². The Labute approximate surface area is 169 Å². The topological polar surface area (TPSA) is 46.2 Å². The molecule has 0 bridgehead atoms. The largest absolute Gasteiger partial charge is 0.537 e. The van der Waals surface area contributed by atoms with Crippen molar-refractivity contribution in [1.82, 2.24) is 0 Å². The molecule has 0 amide bonds. The van der Waals surface area contributed by atoms with Crippen LogP contribution in [0.3, 0.4) is 0 Å². The van der Waals surface area contributed by atoms with E-state index >= 15 is 0 Å². The highest BCUT2D eigenvalue weighted by atomic mass is 28.4. The zero-order valence-corrected chi connectivity index (χ0v) is 18.4. The van der Waals surface area contributed by atoms with Crippen molar-refractivity contribution in [2.45, 2.75) is 20.8 Å². The Hall–Kier alpha value is -2.12. The molecule has 0 aliphatic carbocycles. The van der Waals surface area contributed by atoms with Crippen molar-refractivity contribution in [3.8, 4) is 11.5 Å². The molecule has 152 valence electrons. The molecule has 5 nitrogen and oxygen atoms in total. The van der Waals surface area contributed by atoms with Crippen LogP contribution in [0.25, 0.3) is 11.3 Å². The predicted molar refractivity (Wildman–Crippen MR) is 114 cm³/mol. The summed E-state index contributed by atoms with van der Waals surface area (Å²) < 4.78 is 29.1. The van der Waals surface area contributed by atoms with E-state index in [1.807, 2.05) is 69.3 Å². The van der Waals surface area contributed by atoms with Gasteiger partial charge in [0.1, 0.15) is 11.5 Å². The Kier molecular flexibility index (Phi) is 8.72. The van der Waals surface area contributed by atoms with Gasteiger partial charge >= 0.3 is 8.80 Å². The van der Waals surface area contributed by atoms with E-state index in [-0.39, 0.29) is 0 Å². The maximum absolute atomic E-state index is 6.17. The van der Waals surface area contributed by atoms with Crippen molar-refractivity contribution >= 4 is 20.1 Å². The second-order valence-electron chi connectivity index (χ2n) is 5.91. The lowest BCUT2D eigenvalue weighted by atomic mass is 10.1. The van der Waals surface area contributed by atoms with E-state index in [2.05, 4.69) is 6.08 Å². The molecule has 0 radical (unpaired) electrons. The van der Waals surface area contributed by atoms with Crippen LogP contribution in [0.1, 0.15) is 31.9 Å². The van der Waals surface area contributed by atoms with Crippen LogP contribution in [0, 0.1) is 0 Å². The molecule has 0 aromatic heterocycles. The Bertz CT molecular complexity index is 724. The van der Waals surface area contributed by atoms with E-state index < -0.39 is 8.80 Å². The first-order valence-electron chi connectivity index (χ1n) is 9.54. The van der Waals surface area contributed by atoms with Crippen LogP contribution >= 0.6 is 0 Å². The quantitative estimate of drug-likeness (QED) is 0.398. The average Bonchev–Trinajstić information content (AvgIpc) is 2.73. The molecule has 0 fully saturated rings. The summed E-state index contributed by atoms with van der Waals surface area (Å²) in [5.74, 6) is 1.61. The lowest BCUT2D eigenvalue weighted by Gasteiger charge is -2.31. The molecule has 0 unspecified atom stereocenters. The number of benzene rings is 2. The van der Waals surface area contributed by atoms with Crippen LogP contribution in [0.2, 0.25) is 0 Å². The van der Waals surface area contributed by atoms with Crippen LogP contribution in [0.5, 0.6) is 11.5 Å². The molecule has 0 aliphatic rings. The molecule has 28 heavy (non-hydrogen) atoms.